The Hall–Kier alpha value is -3.26. The minimum atomic E-state index is 0.365. The predicted molar refractivity (Wildman–Crippen MR) is 111 cm³/mol. The quantitative estimate of drug-likeness (QED) is 0.362. The summed E-state index contributed by atoms with van der Waals surface area (Å²) in [6, 6.07) is 22.3. The first-order valence-electron chi connectivity index (χ1n) is 9.17. The van der Waals surface area contributed by atoms with Crippen LogP contribution >= 0.6 is 0 Å². The van der Waals surface area contributed by atoms with Gasteiger partial charge in [0.1, 0.15) is 0 Å². The van der Waals surface area contributed by atoms with Gasteiger partial charge in [-0.05, 0) is 24.6 Å². The molecular weight excluding hydrogens is 316 g/mol. The second-order valence-corrected chi connectivity index (χ2v) is 7.06. The molecule has 0 bridgehead atoms. The molecule has 2 heterocycles. The van der Waals surface area contributed by atoms with Crippen LogP contribution in [0.3, 0.4) is 0 Å². The molecule has 6 rings (SSSR count). The average Bonchev–Trinajstić information content (AvgIpc) is 3.24. The normalized spacial score (nSPS) is 17.2. The Balaban J connectivity index is 1.82. The van der Waals surface area contributed by atoms with E-state index >= 15 is 0 Å². The minimum Gasteiger partial charge on any atom is -0.354 e. The van der Waals surface area contributed by atoms with E-state index in [0.717, 1.165) is 6.42 Å². The van der Waals surface area contributed by atoms with Crippen molar-refractivity contribution in [3.05, 3.63) is 85.0 Å². The lowest BCUT2D eigenvalue weighted by Gasteiger charge is -2.18. The van der Waals surface area contributed by atoms with Crippen LogP contribution in [-0.2, 0) is 0 Å². The standard InChI is InChI=1S/C24H18N2/c1-2-8-16(9-3-1)26-21-13-7-5-11-19(21)23-22(26)15-14-18-17-10-4-6-12-20(17)25-24(18)23/h1-8,10-16,25H,9H2. The fourth-order valence-corrected chi connectivity index (χ4v) is 4.52. The maximum Gasteiger partial charge on any atom is 0.0566 e. The molecule has 0 radical (unpaired) electrons. The summed E-state index contributed by atoms with van der Waals surface area (Å²) in [7, 11) is 0. The smallest absolute Gasteiger partial charge is 0.0566 e. The van der Waals surface area contributed by atoms with Crippen LogP contribution in [-0.4, -0.2) is 9.55 Å². The Labute approximate surface area is 151 Å². The number of allylic oxidation sites excluding steroid dienone is 4. The predicted octanol–water partition coefficient (Wildman–Crippen LogP) is 6.49. The number of aromatic nitrogens is 2. The van der Waals surface area contributed by atoms with Gasteiger partial charge in [-0.25, -0.2) is 0 Å². The van der Waals surface area contributed by atoms with Crippen molar-refractivity contribution in [2.75, 3.05) is 0 Å². The van der Waals surface area contributed by atoms with Gasteiger partial charge in [0.25, 0.3) is 0 Å². The molecule has 3 aromatic carbocycles. The van der Waals surface area contributed by atoms with Gasteiger partial charge in [0.05, 0.1) is 17.1 Å². The number of rotatable bonds is 1. The van der Waals surface area contributed by atoms with E-state index in [-0.39, 0.29) is 0 Å². The highest BCUT2D eigenvalue weighted by Gasteiger charge is 2.19. The Morgan fingerprint density at radius 3 is 2.50 bits per heavy atom. The van der Waals surface area contributed by atoms with Gasteiger partial charge in [0.15, 0.2) is 0 Å². The summed E-state index contributed by atoms with van der Waals surface area (Å²) < 4.78 is 2.50. The summed E-state index contributed by atoms with van der Waals surface area (Å²) in [6.45, 7) is 0. The number of nitrogens with zero attached hydrogens (tertiary/aromatic N) is 1. The molecule has 2 aromatic heterocycles. The first kappa shape index (κ1) is 14.0. The molecule has 0 spiro atoms. The Kier molecular flexibility index (Phi) is 2.75. The van der Waals surface area contributed by atoms with Crippen LogP contribution in [0, 0.1) is 0 Å². The van der Waals surface area contributed by atoms with Crippen LogP contribution in [0.1, 0.15) is 12.5 Å². The zero-order chi connectivity index (χ0) is 17.1. The maximum absolute atomic E-state index is 3.68. The van der Waals surface area contributed by atoms with Crippen molar-refractivity contribution in [3.8, 4) is 0 Å². The molecule has 1 unspecified atom stereocenters. The topological polar surface area (TPSA) is 20.7 Å². The lowest BCUT2D eigenvalue weighted by atomic mass is 10.1. The fraction of sp³-hybridized carbons (Fsp3) is 0.0833. The second kappa shape index (κ2) is 5.12. The van der Waals surface area contributed by atoms with Crippen LogP contribution in [0.5, 0.6) is 0 Å². The third-order valence-corrected chi connectivity index (χ3v) is 5.64. The van der Waals surface area contributed by atoms with Crippen molar-refractivity contribution in [1.82, 2.24) is 9.55 Å². The minimum absolute atomic E-state index is 0.365. The summed E-state index contributed by atoms with van der Waals surface area (Å²) in [4.78, 5) is 3.68. The van der Waals surface area contributed by atoms with Crippen molar-refractivity contribution >= 4 is 43.6 Å². The lowest BCUT2D eigenvalue weighted by molar-refractivity contribution is 0.648. The zero-order valence-electron chi connectivity index (χ0n) is 14.3. The molecule has 26 heavy (non-hydrogen) atoms. The molecule has 0 saturated carbocycles. The molecule has 0 aliphatic heterocycles. The highest BCUT2D eigenvalue weighted by molar-refractivity contribution is 6.24. The molecule has 1 N–H and O–H groups in total. The molecule has 1 atom stereocenters. The van der Waals surface area contributed by atoms with Gasteiger partial charge in [-0.2, -0.15) is 0 Å². The van der Waals surface area contributed by atoms with Gasteiger partial charge in [-0.15, -0.1) is 0 Å². The number of nitrogens with one attached hydrogen (secondary N) is 1. The second-order valence-electron chi connectivity index (χ2n) is 7.06. The maximum atomic E-state index is 3.68. The number of aromatic amines is 1. The van der Waals surface area contributed by atoms with E-state index in [1.807, 2.05) is 0 Å². The Morgan fingerprint density at radius 2 is 1.62 bits per heavy atom. The SMILES string of the molecule is C1=CCC(n2c3ccccc3c3c4[nH]c5ccccc5c4ccc32)C=C1. The fourth-order valence-electron chi connectivity index (χ4n) is 4.52. The van der Waals surface area contributed by atoms with Crippen LogP contribution in [0.2, 0.25) is 0 Å². The number of hydrogen-bond donors (Lipinski definition) is 1. The van der Waals surface area contributed by atoms with Gasteiger partial charge in [0.2, 0.25) is 0 Å². The highest BCUT2D eigenvalue weighted by Crippen LogP contribution is 2.39. The molecule has 5 aromatic rings. The van der Waals surface area contributed by atoms with Gasteiger partial charge >= 0.3 is 0 Å². The number of para-hydroxylation sites is 2. The summed E-state index contributed by atoms with van der Waals surface area (Å²) in [5.41, 5.74) is 5.05. The average molecular weight is 334 g/mol. The molecule has 124 valence electrons. The van der Waals surface area contributed by atoms with Crippen LogP contribution in [0.25, 0.3) is 43.6 Å². The zero-order valence-corrected chi connectivity index (χ0v) is 14.3. The third kappa shape index (κ3) is 1.76. The van der Waals surface area contributed by atoms with E-state index in [2.05, 4.69) is 94.5 Å². The van der Waals surface area contributed by atoms with Gasteiger partial charge in [-0.3, -0.25) is 0 Å². The first-order valence-corrected chi connectivity index (χ1v) is 9.17. The molecule has 0 saturated heterocycles. The van der Waals surface area contributed by atoms with Crippen molar-refractivity contribution in [1.29, 1.82) is 0 Å². The van der Waals surface area contributed by atoms with Gasteiger partial charge in [0, 0.05) is 32.6 Å². The van der Waals surface area contributed by atoms with Crippen LogP contribution < -0.4 is 0 Å². The Bertz CT molecular complexity index is 1360. The van der Waals surface area contributed by atoms with E-state index < -0.39 is 0 Å². The third-order valence-electron chi connectivity index (χ3n) is 5.64. The van der Waals surface area contributed by atoms with Crippen LogP contribution in [0.15, 0.2) is 85.0 Å². The van der Waals surface area contributed by atoms with E-state index in [1.54, 1.807) is 0 Å². The van der Waals surface area contributed by atoms with Crippen LogP contribution in [0.4, 0.5) is 0 Å². The molecule has 0 amide bonds. The van der Waals surface area contributed by atoms with E-state index in [0.29, 0.717) is 6.04 Å². The van der Waals surface area contributed by atoms with Gasteiger partial charge < -0.3 is 9.55 Å². The summed E-state index contributed by atoms with van der Waals surface area (Å²) >= 11 is 0. The number of H-pyrrole nitrogens is 1. The van der Waals surface area contributed by atoms with Crippen molar-refractivity contribution in [3.63, 3.8) is 0 Å². The molecule has 2 heteroatoms. The Morgan fingerprint density at radius 1 is 0.769 bits per heavy atom. The van der Waals surface area contributed by atoms with E-state index in [9.17, 15) is 0 Å². The number of fused-ring (bicyclic) bond motifs is 7. The highest BCUT2D eigenvalue weighted by atomic mass is 15.0. The van der Waals surface area contributed by atoms with E-state index in [1.165, 1.54) is 43.6 Å². The van der Waals surface area contributed by atoms with Crippen molar-refractivity contribution in [2.45, 2.75) is 12.5 Å². The largest absolute Gasteiger partial charge is 0.354 e. The molecule has 1 aliphatic carbocycles. The number of hydrogen-bond acceptors (Lipinski definition) is 0. The number of benzene rings is 3. The van der Waals surface area contributed by atoms with Gasteiger partial charge in [-0.1, -0.05) is 66.8 Å². The summed E-state index contributed by atoms with van der Waals surface area (Å²) in [5.74, 6) is 0. The molecular formula is C24H18N2. The lowest BCUT2D eigenvalue weighted by Crippen LogP contribution is -2.06. The first-order chi connectivity index (χ1) is 12.9. The monoisotopic (exact) mass is 334 g/mol. The molecule has 0 fully saturated rings. The molecule has 2 nitrogen and oxygen atoms in total. The van der Waals surface area contributed by atoms with Crippen molar-refractivity contribution < 1.29 is 0 Å². The summed E-state index contributed by atoms with van der Waals surface area (Å²) in [6.07, 6.45) is 9.90. The van der Waals surface area contributed by atoms with E-state index in [4.69, 9.17) is 0 Å². The summed E-state index contributed by atoms with van der Waals surface area (Å²) in [5, 5.41) is 5.25. The molecule has 1 aliphatic rings. The van der Waals surface area contributed by atoms with Crippen molar-refractivity contribution in [2.24, 2.45) is 0 Å².